The van der Waals surface area contributed by atoms with Crippen LogP contribution in [0.15, 0.2) is 0 Å². The third-order valence-corrected chi connectivity index (χ3v) is 2.36. The number of hydrogen-bond donors (Lipinski definition) is 1. The number of rotatable bonds is 4. The molecule has 8 heavy (non-hydrogen) atoms. The Morgan fingerprint density at radius 1 is 1.75 bits per heavy atom. The normalized spacial score (nSPS) is 14.8. The maximum Gasteiger partial charge on any atom is -0.00417 e. The van der Waals surface area contributed by atoms with E-state index in [1.54, 1.807) is 0 Å². The first-order valence-electron chi connectivity index (χ1n) is 3.03. The van der Waals surface area contributed by atoms with E-state index in [1.165, 1.54) is 12.4 Å². The monoisotopic (exact) mass is 131 g/mol. The molecule has 0 rings (SSSR count). The molecular weight excluding hydrogens is 117 g/mol. The molecule has 1 nitrogen and oxygen atoms in total. The van der Waals surface area contributed by atoms with Crippen LogP contribution >= 0.6 is 8.58 Å². The molecule has 0 radical (unpaired) electrons. The second-order valence-electron chi connectivity index (χ2n) is 1.90. The number of nitrogens with one attached hydrogen (secondary N) is 1. The van der Waals surface area contributed by atoms with Gasteiger partial charge in [0.2, 0.25) is 0 Å². The van der Waals surface area contributed by atoms with Crippen LogP contribution in [0.2, 0.25) is 0 Å². The van der Waals surface area contributed by atoms with E-state index in [0.29, 0.717) is 0 Å². The Labute approximate surface area is 53.2 Å². The summed E-state index contributed by atoms with van der Waals surface area (Å²) < 4.78 is 0. The van der Waals surface area contributed by atoms with Gasteiger partial charge < -0.3 is 5.41 Å². The van der Waals surface area contributed by atoms with Gasteiger partial charge in [0.05, 0.1) is 0 Å². The van der Waals surface area contributed by atoms with Gasteiger partial charge in [-0.2, -0.15) is 0 Å². The van der Waals surface area contributed by atoms with E-state index in [4.69, 9.17) is 5.41 Å². The molecule has 0 amide bonds. The maximum absolute atomic E-state index is 6.79. The summed E-state index contributed by atoms with van der Waals surface area (Å²) in [5.41, 5.74) is 0.748. The highest BCUT2D eigenvalue weighted by molar-refractivity contribution is 7.38. The van der Waals surface area contributed by atoms with Crippen molar-refractivity contribution < 1.29 is 0 Å². The van der Waals surface area contributed by atoms with Crippen LogP contribution in [-0.4, -0.2) is 18.0 Å². The number of hydrogen-bond acceptors (Lipinski definition) is 1. The quantitative estimate of drug-likeness (QED) is 0.446. The summed E-state index contributed by atoms with van der Waals surface area (Å²) in [4.78, 5) is 0. The van der Waals surface area contributed by atoms with Crippen molar-refractivity contribution in [2.75, 3.05) is 6.16 Å². The summed E-state index contributed by atoms with van der Waals surface area (Å²) in [5.74, 6) is 0. The molecule has 0 aliphatic heterocycles. The standard InChI is InChI=1S/C6H14NP/c1-3-8-6(2)4-5-7/h5-8H,3-4H2,1-2H3. The summed E-state index contributed by atoms with van der Waals surface area (Å²) in [6.07, 6.45) is 3.74. The van der Waals surface area contributed by atoms with Crippen LogP contribution in [0.1, 0.15) is 20.3 Å². The van der Waals surface area contributed by atoms with E-state index >= 15 is 0 Å². The zero-order valence-electron chi connectivity index (χ0n) is 5.57. The van der Waals surface area contributed by atoms with Crippen LogP contribution in [0, 0.1) is 5.41 Å². The molecule has 0 fully saturated rings. The van der Waals surface area contributed by atoms with Crippen LogP contribution in [0.25, 0.3) is 0 Å². The Hall–Kier alpha value is 0.100. The first-order chi connectivity index (χ1) is 3.81. The summed E-state index contributed by atoms with van der Waals surface area (Å²) in [5, 5.41) is 6.79. The molecule has 48 valence electrons. The minimum atomic E-state index is 0.748. The van der Waals surface area contributed by atoms with Gasteiger partial charge in [0.1, 0.15) is 0 Å². The van der Waals surface area contributed by atoms with E-state index in [-0.39, 0.29) is 0 Å². The van der Waals surface area contributed by atoms with Gasteiger partial charge in [-0.05, 0) is 24.5 Å². The third-order valence-electron chi connectivity index (χ3n) is 1.02. The highest BCUT2D eigenvalue weighted by Crippen LogP contribution is 2.18. The summed E-state index contributed by atoms with van der Waals surface area (Å²) >= 11 is 0. The van der Waals surface area contributed by atoms with Crippen molar-refractivity contribution in [1.82, 2.24) is 0 Å². The molecule has 0 spiro atoms. The van der Waals surface area contributed by atoms with Crippen molar-refractivity contribution >= 4 is 14.8 Å². The van der Waals surface area contributed by atoms with Crippen molar-refractivity contribution in [3.05, 3.63) is 0 Å². The molecule has 2 heteroatoms. The van der Waals surface area contributed by atoms with Crippen LogP contribution in [0.5, 0.6) is 0 Å². The highest BCUT2D eigenvalue weighted by Gasteiger charge is 1.94. The lowest BCUT2D eigenvalue weighted by Gasteiger charge is -2.03. The molecule has 0 heterocycles. The van der Waals surface area contributed by atoms with Gasteiger partial charge in [0, 0.05) is 0 Å². The Morgan fingerprint density at radius 3 is 2.75 bits per heavy atom. The Kier molecular flexibility index (Phi) is 5.31. The van der Waals surface area contributed by atoms with E-state index in [9.17, 15) is 0 Å². The van der Waals surface area contributed by atoms with E-state index in [2.05, 4.69) is 13.8 Å². The van der Waals surface area contributed by atoms with Crippen molar-refractivity contribution in [3.63, 3.8) is 0 Å². The van der Waals surface area contributed by atoms with Crippen LogP contribution in [0.4, 0.5) is 0 Å². The van der Waals surface area contributed by atoms with Gasteiger partial charge >= 0.3 is 0 Å². The van der Waals surface area contributed by atoms with Crippen molar-refractivity contribution in [2.24, 2.45) is 0 Å². The summed E-state index contributed by atoms with van der Waals surface area (Å²) in [7, 11) is 1.04. The lowest BCUT2D eigenvalue weighted by atomic mass is 10.4. The average Bonchev–Trinajstić information content (AvgIpc) is 1.68. The van der Waals surface area contributed by atoms with E-state index < -0.39 is 0 Å². The molecule has 0 bridgehead atoms. The second kappa shape index (κ2) is 5.24. The first-order valence-corrected chi connectivity index (χ1v) is 4.32. The molecule has 0 aliphatic rings. The maximum atomic E-state index is 6.79. The topological polar surface area (TPSA) is 23.9 Å². The molecule has 2 unspecified atom stereocenters. The largest absolute Gasteiger partial charge is 0.313 e. The summed E-state index contributed by atoms with van der Waals surface area (Å²) in [6.45, 7) is 4.39. The minimum absolute atomic E-state index is 0.748. The third kappa shape index (κ3) is 4.26. The lowest BCUT2D eigenvalue weighted by molar-refractivity contribution is 1.02. The Morgan fingerprint density at radius 2 is 2.38 bits per heavy atom. The Bertz CT molecular complexity index is 63.5. The minimum Gasteiger partial charge on any atom is -0.313 e. The van der Waals surface area contributed by atoms with Crippen molar-refractivity contribution in [2.45, 2.75) is 25.9 Å². The second-order valence-corrected chi connectivity index (χ2v) is 4.00. The highest BCUT2D eigenvalue weighted by atomic mass is 31.1. The zero-order valence-corrected chi connectivity index (χ0v) is 6.57. The average molecular weight is 131 g/mol. The molecule has 0 saturated carbocycles. The molecule has 0 aromatic heterocycles. The Balaban J connectivity index is 3.03. The first kappa shape index (κ1) is 8.10. The van der Waals surface area contributed by atoms with Crippen molar-refractivity contribution in [1.29, 1.82) is 5.41 Å². The van der Waals surface area contributed by atoms with Gasteiger partial charge in [0.25, 0.3) is 0 Å². The molecule has 2 atom stereocenters. The predicted octanol–water partition coefficient (Wildman–Crippen LogP) is 2.11. The van der Waals surface area contributed by atoms with Crippen LogP contribution in [0.3, 0.4) is 0 Å². The summed E-state index contributed by atoms with van der Waals surface area (Å²) in [6, 6.07) is 0. The fourth-order valence-electron chi connectivity index (χ4n) is 0.609. The van der Waals surface area contributed by atoms with E-state index in [1.807, 2.05) is 0 Å². The fourth-order valence-corrected chi connectivity index (χ4v) is 1.59. The smallest absolute Gasteiger partial charge is 0.00417 e. The van der Waals surface area contributed by atoms with Gasteiger partial charge in [-0.1, -0.05) is 13.8 Å². The van der Waals surface area contributed by atoms with Gasteiger partial charge in [-0.25, -0.2) is 0 Å². The molecule has 1 N–H and O–H groups in total. The lowest BCUT2D eigenvalue weighted by Crippen LogP contribution is -1.93. The van der Waals surface area contributed by atoms with E-state index in [0.717, 1.165) is 20.7 Å². The zero-order chi connectivity index (χ0) is 6.41. The van der Waals surface area contributed by atoms with Crippen LogP contribution in [-0.2, 0) is 0 Å². The van der Waals surface area contributed by atoms with Gasteiger partial charge in [-0.15, -0.1) is 8.58 Å². The SMILES string of the molecule is CCPC(C)CC=N. The fraction of sp³-hybridized carbons (Fsp3) is 0.833. The molecule has 0 aromatic rings. The van der Waals surface area contributed by atoms with Gasteiger partial charge in [0.15, 0.2) is 0 Å². The van der Waals surface area contributed by atoms with Gasteiger partial charge in [-0.3, -0.25) is 0 Å². The molecule has 0 saturated heterocycles. The molecule has 0 aromatic carbocycles. The van der Waals surface area contributed by atoms with Crippen LogP contribution < -0.4 is 0 Å². The van der Waals surface area contributed by atoms with Crippen molar-refractivity contribution in [3.8, 4) is 0 Å². The molecule has 0 aliphatic carbocycles. The predicted molar refractivity (Wildman–Crippen MR) is 41.7 cm³/mol. The molecular formula is C6H14NP.